The fourth-order valence-electron chi connectivity index (χ4n) is 0. The standard InChI is InChI=1S/Eu.4FH.Mg.2H/h;4*1H;;;. The maximum absolute atomic E-state index is 0. The zero-order valence-electron chi connectivity index (χ0n) is 2.01. The molecule has 0 aromatic carbocycles. The monoisotopic (exact) mass is 259 g/mol. The second-order valence-electron chi connectivity index (χ2n) is 0. The molecule has 0 rings (SSSR count). The van der Waals surface area contributed by atoms with Crippen LogP contribution in [-0.2, 0) is 0 Å². The van der Waals surface area contributed by atoms with Gasteiger partial charge in [-0.2, -0.15) is 0 Å². The molecule has 0 spiro atoms. The molecule has 0 fully saturated rings. The van der Waals surface area contributed by atoms with Gasteiger partial charge in [-0.25, -0.2) is 0 Å². The molecule has 0 atom stereocenters. The molecule has 0 saturated heterocycles. The van der Waals surface area contributed by atoms with E-state index in [1.165, 1.54) is 0 Å². The molecular formula is H6EuF4Mg. The molecule has 0 aromatic heterocycles. The molecule has 0 N–H and O–H groups in total. The van der Waals surface area contributed by atoms with Gasteiger partial charge in [-0.1, -0.05) is 0 Å². The summed E-state index contributed by atoms with van der Waals surface area (Å²) in [5.74, 6) is 0. The minimum absolute atomic E-state index is 0. The Bertz CT molecular complexity index is 7.51. The zero-order valence-corrected chi connectivity index (χ0v) is 4.44. The third-order valence-corrected chi connectivity index (χ3v) is 0. The fraction of sp³-hybridized carbons (Fsp3) is 0. The van der Waals surface area contributed by atoms with Crippen LogP contribution in [0.25, 0.3) is 0 Å². The van der Waals surface area contributed by atoms with Crippen molar-refractivity contribution >= 4 is 23.1 Å². The molecule has 0 aliphatic rings. The first-order valence-electron chi connectivity index (χ1n) is 0. The van der Waals surface area contributed by atoms with Gasteiger partial charge >= 0.3 is 23.1 Å². The van der Waals surface area contributed by atoms with Gasteiger partial charge in [0.1, 0.15) is 0 Å². The van der Waals surface area contributed by atoms with E-state index in [1.807, 2.05) is 0 Å². The first-order valence-corrected chi connectivity index (χ1v) is 0. The van der Waals surface area contributed by atoms with Crippen molar-refractivity contribution in [2.45, 2.75) is 0 Å². The van der Waals surface area contributed by atoms with E-state index < -0.39 is 0 Å². The summed E-state index contributed by atoms with van der Waals surface area (Å²) >= 11 is 0. The van der Waals surface area contributed by atoms with Gasteiger partial charge in [-0.3, -0.25) is 18.8 Å². The molecule has 0 aliphatic heterocycles. The van der Waals surface area contributed by atoms with E-state index in [9.17, 15) is 0 Å². The van der Waals surface area contributed by atoms with Crippen LogP contribution >= 0.6 is 0 Å². The largest absolute Gasteiger partial charge is 0.316 e. The SMILES string of the molecule is F.F.F.F.[Eu].[MgH2]. The van der Waals surface area contributed by atoms with Gasteiger partial charge in [0, 0.05) is 49.4 Å². The van der Waals surface area contributed by atoms with Crippen LogP contribution in [0.4, 0.5) is 18.8 Å². The third kappa shape index (κ3) is 36.4. The zero-order chi connectivity index (χ0) is 0. The molecule has 0 unspecified atom stereocenters. The summed E-state index contributed by atoms with van der Waals surface area (Å²) in [5.41, 5.74) is 0. The molecule has 0 amide bonds. The van der Waals surface area contributed by atoms with E-state index in [4.69, 9.17) is 0 Å². The average molecular weight is 258 g/mol. The van der Waals surface area contributed by atoms with E-state index >= 15 is 0 Å². The molecule has 0 heterocycles. The van der Waals surface area contributed by atoms with Crippen LogP contribution in [0.3, 0.4) is 0 Å². The molecule has 43 valence electrons. The number of rotatable bonds is 0. The summed E-state index contributed by atoms with van der Waals surface area (Å²) in [6.45, 7) is 0. The van der Waals surface area contributed by atoms with Gasteiger partial charge in [0.25, 0.3) is 0 Å². The maximum atomic E-state index is 0. The summed E-state index contributed by atoms with van der Waals surface area (Å²) in [4.78, 5) is 0. The Kier molecular flexibility index (Phi) is 953. The topological polar surface area (TPSA) is 0 Å². The Morgan fingerprint density at radius 2 is 0.500 bits per heavy atom. The molecule has 0 aromatic rings. The molecule has 6 heavy (non-hydrogen) atoms. The third-order valence-electron chi connectivity index (χ3n) is 0. The van der Waals surface area contributed by atoms with Crippen LogP contribution < -0.4 is 0 Å². The van der Waals surface area contributed by atoms with Gasteiger partial charge in [0.2, 0.25) is 0 Å². The van der Waals surface area contributed by atoms with E-state index in [1.54, 1.807) is 0 Å². The molecule has 0 saturated carbocycles. The number of hydrogen-bond donors (Lipinski definition) is 0. The Balaban J connectivity index is 0. The van der Waals surface area contributed by atoms with Gasteiger partial charge in [-0.05, 0) is 0 Å². The molecule has 0 aliphatic carbocycles. The number of hydrogen-bond acceptors (Lipinski definition) is 0. The van der Waals surface area contributed by atoms with Gasteiger partial charge in [0.05, 0.1) is 0 Å². The van der Waals surface area contributed by atoms with Crippen molar-refractivity contribution in [3.8, 4) is 0 Å². The molecule has 6 heteroatoms. The van der Waals surface area contributed by atoms with Crippen molar-refractivity contribution in [1.29, 1.82) is 0 Å². The van der Waals surface area contributed by atoms with E-state index in [0.717, 1.165) is 0 Å². The summed E-state index contributed by atoms with van der Waals surface area (Å²) in [5, 5.41) is 0. The van der Waals surface area contributed by atoms with E-state index in [-0.39, 0.29) is 91.2 Å². The summed E-state index contributed by atoms with van der Waals surface area (Å²) in [6.07, 6.45) is 0. The maximum Gasteiger partial charge on any atom is 0.316 e. The van der Waals surface area contributed by atoms with Crippen LogP contribution in [0, 0.1) is 49.4 Å². The average Bonchev–Trinajstić information content (AvgIpc) is 0. The van der Waals surface area contributed by atoms with Crippen LogP contribution in [0.5, 0.6) is 0 Å². The minimum atomic E-state index is 0. The smallest absolute Gasteiger partial charge is 0.269 e. The van der Waals surface area contributed by atoms with E-state index in [0.29, 0.717) is 0 Å². The summed E-state index contributed by atoms with van der Waals surface area (Å²) < 4.78 is 0. The Labute approximate surface area is 89.6 Å². The normalized spacial score (nSPS) is 0. The van der Waals surface area contributed by atoms with Crippen LogP contribution in [0.15, 0.2) is 0 Å². The first-order chi connectivity index (χ1) is 0. The minimum Gasteiger partial charge on any atom is -0.269 e. The second kappa shape index (κ2) is 60.8. The Morgan fingerprint density at radius 3 is 0.500 bits per heavy atom. The van der Waals surface area contributed by atoms with Gasteiger partial charge < -0.3 is 0 Å². The van der Waals surface area contributed by atoms with Gasteiger partial charge in [-0.15, -0.1) is 0 Å². The van der Waals surface area contributed by atoms with Crippen LogP contribution in [0.2, 0.25) is 0 Å². The summed E-state index contributed by atoms with van der Waals surface area (Å²) in [6, 6.07) is 0. The summed E-state index contributed by atoms with van der Waals surface area (Å²) in [7, 11) is 0. The van der Waals surface area contributed by atoms with Crippen molar-refractivity contribution in [2.75, 3.05) is 0 Å². The first kappa shape index (κ1) is 94.1. The van der Waals surface area contributed by atoms with Crippen LogP contribution in [0.1, 0.15) is 0 Å². The fourth-order valence-corrected chi connectivity index (χ4v) is 0. The molecular weight excluding hydrogens is 252 g/mol. The van der Waals surface area contributed by atoms with Crippen molar-refractivity contribution in [3.05, 3.63) is 0 Å². The van der Waals surface area contributed by atoms with Crippen molar-refractivity contribution < 1.29 is 68.2 Å². The quantitative estimate of drug-likeness (QED) is 0.413. The molecule has 1 radical (unpaired) electrons. The van der Waals surface area contributed by atoms with Crippen molar-refractivity contribution in [3.63, 3.8) is 0 Å². The predicted molar refractivity (Wildman–Crippen MR) is 18.6 cm³/mol. The molecule has 0 nitrogen and oxygen atoms in total. The van der Waals surface area contributed by atoms with Crippen molar-refractivity contribution in [2.24, 2.45) is 0 Å². The second-order valence-corrected chi connectivity index (χ2v) is 0. The Morgan fingerprint density at radius 1 is 0.500 bits per heavy atom. The predicted octanol–water partition coefficient (Wildman–Crippen LogP) is -0.306. The van der Waals surface area contributed by atoms with Crippen molar-refractivity contribution in [1.82, 2.24) is 0 Å². The van der Waals surface area contributed by atoms with Gasteiger partial charge in [0.15, 0.2) is 0 Å². The Hall–Kier alpha value is 2.07. The van der Waals surface area contributed by atoms with Crippen LogP contribution in [-0.4, -0.2) is 23.1 Å². The number of halogens is 4. The molecule has 0 bridgehead atoms. The van der Waals surface area contributed by atoms with E-state index in [2.05, 4.69) is 0 Å².